The molecule has 0 amide bonds. The van der Waals surface area contributed by atoms with E-state index in [9.17, 15) is 0 Å². The Morgan fingerprint density at radius 2 is 1.74 bits per heavy atom. The molecule has 4 aromatic rings. The minimum Gasteiger partial charge on any atom is -0.438 e. The third-order valence-corrected chi connectivity index (χ3v) is 3.97. The van der Waals surface area contributed by atoms with E-state index in [0.29, 0.717) is 22.6 Å². The van der Waals surface area contributed by atoms with Crippen molar-refractivity contribution in [2.75, 3.05) is 0 Å². The predicted octanol–water partition coefficient (Wildman–Crippen LogP) is 5.78. The highest BCUT2D eigenvalue weighted by Gasteiger charge is 2.12. The van der Waals surface area contributed by atoms with Gasteiger partial charge in [-0.05, 0) is 43.1 Å². The topological polar surface area (TPSA) is 26.0 Å². The zero-order valence-electron chi connectivity index (χ0n) is 15.7. The molecule has 0 aliphatic carbocycles. The summed E-state index contributed by atoms with van der Waals surface area (Å²) in [4.78, 5) is 4.61. The van der Waals surface area contributed by atoms with Gasteiger partial charge in [0, 0.05) is 20.6 Å². The van der Waals surface area contributed by atoms with E-state index in [2.05, 4.69) is 4.98 Å². The van der Waals surface area contributed by atoms with Crippen LogP contribution in [0, 0.1) is 13.8 Å². The van der Waals surface area contributed by atoms with Gasteiger partial charge in [0.2, 0.25) is 5.71 Å². The summed E-state index contributed by atoms with van der Waals surface area (Å²) in [6, 6.07) is 20.9. The molecule has 0 fully saturated rings. The highest BCUT2D eigenvalue weighted by molar-refractivity contribution is 5.83. The van der Waals surface area contributed by atoms with Gasteiger partial charge in [-0.3, -0.25) is 0 Å². The smallest absolute Gasteiger partial charge is 0.227 e. The fourth-order valence-corrected chi connectivity index (χ4v) is 2.81. The number of hydrogen-bond donors (Lipinski definition) is 0. The lowest BCUT2D eigenvalue weighted by Crippen LogP contribution is -1.85. The van der Waals surface area contributed by atoms with Gasteiger partial charge >= 0.3 is 0 Å². The lowest BCUT2D eigenvalue weighted by Gasteiger charge is -2.05. The van der Waals surface area contributed by atoms with E-state index in [0.717, 1.165) is 22.2 Å². The lowest BCUT2D eigenvalue weighted by molar-refractivity contribution is 0.618. The summed E-state index contributed by atoms with van der Waals surface area (Å²) >= 11 is 0. The van der Waals surface area contributed by atoms with Crippen LogP contribution in [-0.2, 0) is 0 Å². The summed E-state index contributed by atoms with van der Waals surface area (Å²) in [6.07, 6.45) is 0. The minimum atomic E-state index is -2.21. The average Bonchev–Trinajstić information content (AvgIpc) is 3.04. The quantitative estimate of drug-likeness (QED) is 0.469. The first kappa shape index (κ1) is 10.8. The van der Waals surface area contributed by atoms with Gasteiger partial charge in [-0.25, -0.2) is 4.98 Å². The minimum absolute atomic E-state index is 0.292. The molecule has 23 heavy (non-hydrogen) atoms. The maximum absolute atomic E-state index is 7.82. The van der Waals surface area contributed by atoms with Crippen LogP contribution in [0.25, 0.3) is 33.7 Å². The van der Waals surface area contributed by atoms with E-state index in [4.69, 9.17) is 8.53 Å². The molecule has 2 heterocycles. The number of nitrogens with zero attached hydrogens (tertiary/aromatic N) is 1. The molecule has 112 valence electrons. The molecular formula is C21H17NO. The van der Waals surface area contributed by atoms with Crippen molar-refractivity contribution in [2.45, 2.75) is 13.8 Å². The molecule has 2 aromatic heterocycles. The number of rotatable bonds is 2. The molecular weight excluding hydrogens is 282 g/mol. The molecule has 4 rings (SSSR count). The van der Waals surface area contributed by atoms with Gasteiger partial charge in [-0.2, -0.15) is 0 Å². The third-order valence-electron chi connectivity index (χ3n) is 3.97. The first-order chi connectivity index (χ1) is 12.4. The Morgan fingerprint density at radius 1 is 0.913 bits per heavy atom. The van der Waals surface area contributed by atoms with E-state index in [-0.39, 0.29) is 0 Å². The predicted molar refractivity (Wildman–Crippen MR) is 94.4 cm³/mol. The Bertz CT molecular complexity index is 1080. The standard InChI is InChI=1S/C21H17NO/c1-14-7-6-8-15(2)20(14)19-13-17-11-12-18(22-21(17)23-19)16-9-4-3-5-10-16/h3-13H,1-2H3/i1D3. The number of pyridine rings is 1. The van der Waals surface area contributed by atoms with Crippen molar-refractivity contribution in [1.29, 1.82) is 0 Å². The van der Waals surface area contributed by atoms with E-state index < -0.39 is 6.85 Å². The van der Waals surface area contributed by atoms with Gasteiger partial charge in [0.05, 0.1) is 5.69 Å². The van der Waals surface area contributed by atoms with E-state index in [1.807, 2.05) is 61.5 Å². The number of aryl methyl sites for hydroxylation is 2. The molecule has 2 nitrogen and oxygen atoms in total. The molecule has 0 saturated heterocycles. The van der Waals surface area contributed by atoms with Crippen LogP contribution in [0.5, 0.6) is 0 Å². The third kappa shape index (κ3) is 2.42. The second kappa shape index (κ2) is 5.40. The zero-order valence-corrected chi connectivity index (χ0v) is 12.7. The van der Waals surface area contributed by atoms with Gasteiger partial charge < -0.3 is 4.42 Å². The van der Waals surface area contributed by atoms with E-state index >= 15 is 0 Å². The molecule has 0 saturated carbocycles. The molecule has 0 N–H and O–H groups in total. The summed E-state index contributed by atoms with van der Waals surface area (Å²) in [7, 11) is 0. The van der Waals surface area contributed by atoms with Crippen molar-refractivity contribution < 1.29 is 8.53 Å². The van der Waals surface area contributed by atoms with Gasteiger partial charge in [0.1, 0.15) is 5.76 Å². The van der Waals surface area contributed by atoms with Crippen LogP contribution < -0.4 is 0 Å². The molecule has 0 bridgehead atoms. The number of fused-ring (bicyclic) bond motifs is 1. The Kier molecular flexibility index (Phi) is 2.53. The Labute approximate surface area is 139 Å². The normalized spacial score (nSPS) is 13.5. The van der Waals surface area contributed by atoms with Crippen molar-refractivity contribution in [3.05, 3.63) is 77.9 Å². The Balaban J connectivity index is 1.87. The highest BCUT2D eigenvalue weighted by atomic mass is 16.3. The van der Waals surface area contributed by atoms with Gasteiger partial charge in [-0.15, -0.1) is 0 Å². The monoisotopic (exact) mass is 302 g/mol. The van der Waals surface area contributed by atoms with Crippen molar-refractivity contribution in [1.82, 2.24) is 4.98 Å². The number of furan rings is 1. The van der Waals surface area contributed by atoms with Gasteiger partial charge in [0.25, 0.3) is 0 Å². The van der Waals surface area contributed by atoms with Crippen LogP contribution in [0.3, 0.4) is 0 Å². The van der Waals surface area contributed by atoms with Crippen molar-refractivity contribution in [3.8, 4) is 22.6 Å². The van der Waals surface area contributed by atoms with Crippen LogP contribution in [0.15, 0.2) is 71.1 Å². The Hall–Kier alpha value is -2.87. The maximum atomic E-state index is 7.82. The summed E-state index contributed by atoms with van der Waals surface area (Å²) < 4.78 is 29.4. The summed E-state index contributed by atoms with van der Waals surface area (Å²) in [5.74, 6) is 0.530. The molecule has 0 radical (unpaired) electrons. The van der Waals surface area contributed by atoms with Crippen LogP contribution >= 0.6 is 0 Å². The molecule has 0 aliphatic rings. The number of hydrogen-bond acceptors (Lipinski definition) is 2. The molecule has 0 atom stereocenters. The summed E-state index contributed by atoms with van der Waals surface area (Å²) in [6.45, 7) is -0.316. The maximum Gasteiger partial charge on any atom is 0.227 e. The van der Waals surface area contributed by atoms with Crippen LogP contribution in [0.2, 0.25) is 0 Å². The first-order valence-corrected chi connectivity index (χ1v) is 7.50. The average molecular weight is 302 g/mol. The Morgan fingerprint density at radius 3 is 2.57 bits per heavy atom. The van der Waals surface area contributed by atoms with E-state index in [1.165, 1.54) is 0 Å². The molecule has 2 aromatic carbocycles. The molecule has 0 unspecified atom stereocenters. The van der Waals surface area contributed by atoms with Crippen molar-refractivity contribution in [3.63, 3.8) is 0 Å². The summed E-state index contributed by atoms with van der Waals surface area (Å²) in [5, 5.41) is 0.847. The largest absolute Gasteiger partial charge is 0.438 e. The zero-order chi connectivity index (χ0) is 18.3. The first-order valence-electron chi connectivity index (χ1n) is 9.00. The highest BCUT2D eigenvalue weighted by Crippen LogP contribution is 2.32. The molecule has 0 aliphatic heterocycles. The fraction of sp³-hybridized carbons (Fsp3) is 0.0952. The van der Waals surface area contributed by atoms with Crippen LogP contribution in [0.1, 0.15) is 15.2 Å². The molecule has 0 spiro atoms. The van der Waals surface area contributed by atoms with Gasteiger partial charge in [0.15, 0.2) is 0 Å². The number of aromatic nitrogens is 1. The second-order valence-corrected chi connectivity index (χ2v) is 5.57. The molecule has 2 heteroatoms. The van der Waals surface area contributed by atoms with Gasteiger partial charge in [-0.1, -0.05) is 48.5 Å². The SMILES string of the molecule is [2H]C([2H])([2H])c1cccc(C)c1-c1cc2ccc(-c3ccccc3)nc2o1. The van der Waals surface area contributed by atoms with E-state index in [1.54, 1.807) is 12.1 Å². The lowest BCUT2D eigenvalue weighted by atomic mass is 10.0. The van der Waals surface area contributed by atoms with Crippen molar-refractivity contribution in [2.24, 2.45) is 0 Å². The van der Waals surface area contributed by atoms with Crippen LogP contribution in [0.4, 0.5) is 0 Å². The van der Waals surface area contributed by atoms with Crippen molar-refractivity contribution >= 4 is 11.1 Å². The van der Waals surface area contributed by atoms with Crippen LogP contribution in [-0.4, -0.2) is 4.98 Å². The fourth-order valence-electron chi connectivity index (χ4n) is 2.81. The summed E-state index contributed by atoms with van der Waals surface area (Å²) in [5.41, 5.74) is 4.10. The number of benzene rings is 2. The second-order valence-electron chi connectivity index (χ2n) is 5.57.